The van der Waals surface area contributed by atoms with Crippen molar-refractivity contribution in [3.63, 3.8) is 0 Å². The number of hydrogen-bond donors (Lipinski definition) is 0. The van der Waals surface area contributed by atoms with E-state index in [1.54, 1.807) is 4.90 Å². The minimum absolute atomic E-state index is 0.223. The molecule has 8 heteroatoms. The third-order valence-electron chi connectivity index (χ3n) is 3.79. The summed E-state index contributed by atoms with van der Waals surface area (Å²) >= 11 is 0. The summed E-state index contributed by atoms with van der Waals surface area (Å²) < 4.78 is 38.7. The monoisotopic (exact) mass is 354 g/mol. The van der Waals surface area contributed by atoms with E-state index >= 15 is 0 Å². The zero-order chi connectivity index (χ0) is 18.6. The number of alkyl halides is 3. The molecule has 0 aliphatic rings. The molecule has 0 fully saturated rings. The fourth-order valence-corrected chi connectivity index (χ4v) is 2.34. The summed E-state index contributed by atoms with van der Waals surface area (Å²) in [6.45, 7) is 2.47. The number of halogens is 3. The number of carbonyl (C=O) groups excluding carboxylic acids is 1. The largest absolute Gasteiger partial charge is 0.435 e. The van der Waals surface area contributed by atoms with Crippen LogP contribution in [0.5, 0.6) is 0 Å². The smallest absolute Gasteiger partial charge is 0.378 e. The van der Waals surface area contributed by atoms with Gasteiger partial charge in [0, 0.05) is 39.1 Å². The highest BCUT2D eigenvalue weighted by Crippen LogP contribution is 2.27. The third-order valence-corrected chi connectivity index (χ3v) is 3.79. The summed E-state index contributed by atoms with van der Waals surface area (Å²) in [5.74, 6) is -0.281. The molecule has 0 spiro atoms. The maximum absolute atomic E-state index is 12.6. The van der Waals surface area contributed by atoms with Crippen LogP contribution in [-0.4, -0.2) is 41.2 Å². The predicted molar refractivity (Wildman–Crippen MR) is 89.1 cm³/mol. The number of benzene rings is 1. The zero-order valence-corrected chi connectivity index (χ0v) is 14.4. The number of carbonyl (C=O) groups is 1. The fourth-order valence-electron chi connectivity index (χ4n) is 2.34. The highest BCUT2D eigenvalue weighted by Gasteiger charge is 2.33. The summed E-state index contributed by atoms with van der Waals surface area (Å²) in [4.78, 5) is 15.9. The molecule has 1 heterocycles. The lowest BCUT2D eigenvalue weighted by atomic mass is 10.2. The standard InChI is InChI=1S/C17H21F3N4O/c1-4-23(11-13-5-7-14(8-6-13)22(2)3)16(25)12-24-10-9-15(21-24)17(18,19)20/h5-10H,4,11-12H2,1-3H3. The molecule has 0 aliphatic heterocycles. The number of amides is 1. The Labute approximate surface area is 144 Å². The normalized spacial score (nSPS) is 11.4. The van der Waals surface area contributed by atoms with Crippen molar-refractivity contribution >= 4 is 11.6 Å². The van der Waals surface area contributed by atoms with E-state index < -0.39 is 11.9 Å². The molecule has 0 unspecified atom stereocenters. The maximum Gasteiger partial charge on any atom is 0.435 e. The summed E-state index contributed by atoms with van der Waals surface area (Å²) in [5.41, 5.74) is 1.01. The Morgan fingerprint density at radius 3 is 2.28 bits per heavy atom. The van der Waals surface area contributed by atoms with Gasteiger partial charge in [0.2, 0.25) is 5.91 Å². The van der Waals surface area contributed by atoms with Crippen molar-refractivity contribution in [1.82, 2.24) is 14.7 Å². The van der Waals surface area contributed by atoms with Crippen LogP contribution in [0, 0.1) is 0 Å². The molecular weight excluding hydrogens is 333 g/mol. The minimum Gasteiger partial charge on any atom is -0.378 e. The predicted octanol–water partition coefficient (Wildman–Crippen LogP) is 3.02. The first-order valence-corrected chi connectivity index (χ1v) is 7.85. The van der Waals surface area contributed by atoms with Crippen molar-refractivity contribution in [2.45, 2.75) is 26.2 Å². The van der Waals surface area contributed by atoms with Gasteiger partial charge in [-0.3, -0.25) is 9.48 Å². The molecule has 25 heavy (non-hydrogen) atoms. The highest BCUT2D eigenvalue weighted by molar-refractivity contribution is 5.75. The number of rotatable bonds is 6. The van der Waals surface area contributed by atoms with Crippen molar-refractivity contribution in [3.05, 3.63) is 47.8 Å². The number of likely N-dealkylation sites (N-methyl/N-ethyl adjacent to an activating group) is 1. The lowest BCUT2D eigenvalue weighted by Crippen LogP contribution is -2.33. The van der Waals surface area contributed by atoms with E-state index in [0.29, 0.717) is 13.1 Å². The number of hydrogen-bond acceptors (Lipinski definition) is 3. The molecular formula is C17H21F3N4O. The van der Waals surface area contributed by atoms with Gasteiger partial charge in [0.05, 0.1) is 0 Å². The summed E-state index contributed by atoms with van der Waals surface area (Å²) in [5, 5.41) is 3.41. The van der Waals surface area contributed by atoms with Crippen LogP contribution in [0.1, 0.15) is 18.2 Å². The van der Waals surface area contributed by atoms with Crippen LogP contribution >= 0.6 is 0 Å². The third kappa shape index (κ3) is 4.98. The molecule has 0 saturated carbocycles. The second-order valence-electron chi connectivity index (χ2n) is 5.87. The minimum atomic E-state index is -4.51. The SMILES string of the molecule is CCN(Cc1ccc(N(C)C)cc1)C(=O)Cn1ccc(C(F)(F)F)n1. The van der Waals surface area contributed by atoms with Gasteiger partial charge in [-0.25, -0.2) is 0 Å². The number of aromatic nitrogens is 2. The molecule has 2 aromatic rings. The van der Waals surface area contributed by atoms with Gasteiger partial charge in [0.25, 0.3) is 0 Å². The zero-order valence-electron chi connectivity index (χ0n) is 14.4. The summed E-state index contributed by atoms with van der Waals surface area (Å²) in [6, 6.07) is 8.64. The Morgan fingerprint density at radius 1 is 1.16 bits per heavy atom. The van der Waals surface area contributed by atoms with Crippen molar-refractivity contribution in [2.75, 3.05) is 25.5 Å². The molecule has 1 amide bonds. The lowest BCUT2D eigenvalue weighted by Gasteiger charge is -2.21. The molecule has 1 aromatic heterocycles. The van der Waals surface area contributed by atoms with E-state index in [9.17, 15) is 18.0 Å². The Bertz CT molecular complexity index is 707. The highest BCUT2D eigenvalue weighted by atomic mass is 19.4. The van der Waals surface area contributed by atoms with Crippen LogP contribution in [0.3, 0.4) is 0 Å². The van der Waals surface area contributed by atoms with Crippen LogP contribution in [0.2, 0.25) is 0 Å². The van der Waals surface area contributed by atoms with Crippen LogP contribution in [0.4, 0.5) is 18.9 Å². The molecule has 136 valence electrons. The van der Waals surface area contributed by atoms with Crippen molar-refractivity contribution in [1.29, 1.82) is 0 Å². The van der Waals surface area contributed by atoms with Crippen molar-refractivity contribution in [2.24, 2.45) is 0 Å². The van der Waals surface area contributed by atoms with Gasteiger partial charge < -0.3 is 9.80 Å². The molecule has 0 N–H and O–H groups in total. The van der Waals surface area contributed by atoms with Crippen LogP contribution in [-0.2, 0) is 24.1 Å². The Morgan fingerprint density at radius 2 is 1.80 bits per heavy atom. The van der Waals surface area contributed by atoms with E-state index in [1.807, 2.05) is 50.2 Å². The molecule has 0 saturated heterocycles. The Kier molecular flexibility index (Phi) is 5.71. The van der Waals surface area contributed by atoms with E-state index in [2.05, 4.69) is 5.10 Å². The van der Waals surface area contributed by atoms with Crippen LogP contribution in [0.15, 0.2) is 36.5 Å². The van der Waals surface area contributed by atoms with Gasteiger partial charge in [0.15, 0.2) is 5.69 Å². The molecule has 5 nitrogen and oxygen atoms in total. The second kappa shape index (κ2) is 7.58. The first-order chi connectivity index (χ1) is 11.7. The van der Waals surface area contributed by atoms with Crippen molar-refractivity contribution in [3.8, 4) is 0 Å². The van der Waals surface area contributed by atoms with E-state index in [-0.39, 0.29) is 12.5 Å². The van der Waals surface area contributed by atoms with Gasteiger partial charge in [0.1, 0.15) is 6.54 Å². The van der Waals surface area contributed by atoms with Gasteiger partial charge in [-0.2, -0.15) is 18.3 Å². The topological polar surface area (TPSA) is 41.4 Å². The molecule has 0 radical (unpaired) electrons. The van der Waals surface area contributed by atoms with Gasteiger partial charge in [-0.1, -0.05) is 12.1 Å². The molecule has 2 rings (SSSR count). The van der Waals surface area contributed by atoms with Gasteiger partial charge >= 0.3 is 6.18 Å². The fraction of sp³-hybridized carbons (Fsp3) is 0.412. The molecule has 1 aromatic carbocycles. The van der Waals surface area contributed by atoms with Crippen molar-refractivity contribution < 1.29 is 18.0 Å². The Balaban J connectivity index is 2.02. The molecule has 0 bridgehead atoms. The first kappa shape index (κ1) is 18.8. The summed E-state index contributed by atoms with van der Waals surface area (Å²) in [7, 11) is 3.88. The Hall–Kier alpha value is -2.51. The van der Waals surface area contributed by atoms with Crippen LogP contribution in [0.25, 0.3) is 0 Å². The second-order valence-corrected chi connectivity index (χ2v) is 5.87. The van der Waals surface area contributed by atoms with Gasteiger partial charge in [-0.05, 0) is 30.7 Å². The maximum atomic E-state index is 12.6. The van der Waals surface area contributed by atoms with E-state index in [4.69, 9.17) is 0 Å². The average molecular weight is 354 g/mol. The number of anilines is 1. The number of nitrogens with zero attached hydrogens (tertiary/aromatic N) is 4. The van der Waals surface area contributed by atoms with E-state index in [1.165, 1.54) is 6.20 Å². The molecule has 0 atom stereocenters. The average Bonchev–Trinajstić information content (AvgIpc) is 3.01. The quantitative estimate of drug-likeness (QED) is 0.801. The van der Waals surface area contributed by atoms with E-state index in [0.717, 1.165) is 22.0 Å². The van der Waals surface area contributed by atoms with Crippen LogP contribution < -0.4 is 4.90 Å². The molecule has 0 aliphatic carbocycles. The van der Waals surface area contributed by atoms with Gasteiger partial charge in [-0.15, -0.1) is 0 Å². The first-order valence-electron chi connectivity index (χ1n) is 7.85. The summed E-state index contributed by atoms with van der Waals surface area (Å²) in [6.07, 6.45) is -3.34. The lowest BCUT2D eigenvalue weighted by molar-refractivity contribution is -0.142.